The fourth-order valence-electron chi connectivity index (χ4n) is 5.18. The fourth-order valence-corrected chi connectivity index (χ4v) is 5.18. The van der Waals surface area contributed by atoms with E-state index in [1.807, 2.05) is 6.07 Å². The van der Waals surface area contributed by atoms with E-state index in [1.165, 1.54) is 0 Å². The van der Waals surface area contributed by atoms with Crippen LogP contribution < -0.4 is 4.90 Å². The molecule has 0 radical (unpaired) electrons. The summed E-state index contributed by atoms with van der Waals surface area (Å²) >= 11 is 0. The largest absolute Gasteiger partial charge is 0.392 e. The number of rotatable bonds is 4. The molecule has 9 heteroatoms. The van der Waals surface area contributed by atoms with Crippen LogP contribution in [0.25, 0.3) is 16.5 Å². The maximum absolute atomic E-state index is 14.5. The lowest BCUT2D eigenvalue weighted by atomic mass is 9.90. The number of aromatic nitrogens is 3. The Hall–Kier alpha value is -3.23. The van der Waals surface area contributed by atoms with Crippen molar-refractivity contribution in [2.45, 2.75) is 44.7 Å². The number of piperidine rings is 1. The minimum Gasteiger partial charge on any atom is -0.370 e. The van der Waals surface area contributed by atoms with Gasteiger partial charge in [-0.3, -0.25) is 10.1 Å². The van der Waals surface area contributed by atoms with E-state index in [9.17, 15) is 22.4 Å². The molecule has 1 aliphatic heterocycles. The predicted molar refractivity (Wildman–Crippen MR) is 121 cm³/mol. The molecule has 3 aromatic rings. The number of aryl methyl sites for hydroxylation is 1. The topological polar surface area (TPSA) is 61.9 Å². The molecule has 1 saturated heterocycles. The first-order valence-electron chi connectivity index (χ1n) is 11.5. The van der Waals surface area contributed by atoms with Crippen LogP contribution in [0.2, 0.25) is 0 Å². The fraction of sp³-hybridized carbons (Fsp3) is 0.400. The standard InChI is InChI=1S/C25H24F4N4O/c26-24-23-18-3-1-2-16(12-25(27,28)29)22(19(18)5-7-21(23)31-32-24)20-6-4-17(13-30-20)33-10-8-15(14-34)9-11-33/h4-7,13-15H,1-3,8-12H2,(H,31,32). The Kier molecular flexibility index (Phi) is 5.87. The smallest absolute Gasteiger partial charge is 0.370 e. The summed E-state index contributed by atoms with van der Waals surface area (Å²) in [6, 6.07) is 7.01. The lowest BCUT2D eigenvalue weighted by Crippen LogP contribution is -2.34. The van der Waals surface area contributed by atoms with Crippen LogP contribution in [-0.2, 0) is 11.2 Å². The van der Waals surface area contributed by atoms with Crippen LogP contribution in [0.3, 0.4) is 0 Å². The minimum absolute atomic E-state index is 0.0706. The molecule has 34 heavy (non-hydrogen) atoms. The zero-order valence-corrected chi connectivity index (χ0v) is 18.5. The molecule has 0 amide bonds. The van der Waals surface area contributed by atoms with E-state index in [-0.39, 0.29) is 17.9 Å². The Morgan fingerprint density at radius 2 is 1.91 bits per heavy atom. The number of pyridine rings is 1. The molecule has 0 bridgehead atoms. The van der Waals surface area contributed by atoms with E-state index < -0.39 is 18.5 Å². The summed E-state index contributed by atoms with van der Waals surface area (Å²) in [5.41, 5.74) is 3.78. The van der Waals surface area contributed by atoms with Crippen LogP contribution >= 0.6 is 0 Å². The number of anilines is 1. The molecule has 5 nitrogen and oxygen atoms in total. The van der Waals surface area contributed by atoms with E-state index >= 15 is 0 Å². The number of aldehydes is 1. The number of alkyl halides is 3. The van der Waals surface area contributed by atoms with Gasteiger partial charge in [0.25, 0.3) is 0 Å². The maximum Gasteiger partial charge on any atom is 0.392 e. The Morgan fingerprint density at radius 1 is 1.12 bits per heavy atom. The average molecular weight is 472 g/mol. The zero-order chi connectivity index (χ0) is 23.9. The Labute approximate surface area is 193 Å². The molecule has 0 atom stereocenters. The highest BCUT2D eigenvalue weighted by molar-refractivity contribution is 5.92. The summed E-state index contributed by atoms with van der Waals surface area (Å²) < 4.78 is 55.0. The molecule has 5 rings (SSSR count). The van der Waals surface area contributed by atoms with Gasteiger partial charge in [-0.1, -0.05) is 11.6 Å². The van der Waals surface area contributed by atoms with Gasteiger partial charge in [-0.25, -0.2) is 0 Å². The third kappa shape index (κ3) is 4.31. The summed E-state index contributed by atoms with van der Waals surface area (Å²) in [6.45, 7) is 1.46. The number of carbonyl (C=O) groups is 1. The number of fused-ring (bicyclic) bond motifs is 3. The Morgan fingerprint density at radius 3 is 2.59 bits per heavy atom. The first-order valence-corrected chi connectivity index (χ1v) is 11.5. The number of hydrogen-bond donors (Lipinski definition) is 1. The van der Waals surface area contributed by atoms with Crippen molar-refractivity contribution in [3.8, 4) is 0 Å². The third-order valence-electron chi connectivity index (χ3n) is 6.84. The van der Waals surface area contributed by atoms with Crippen LogP contribution in [0, 0.1) is 11.9 Å². The molecule has 1 N–H and O–H groups in total. The molecule has 1 fully saturated rings. The summed E-state index contributed by atoms with van der Waals surface area (Å²) in [6.07, 6.45) is 0.0139. The minimum atomic E-state index is -4.36. The van der Waals surface area contributed by atoms with E-state index in [0.717, 1.165) is 37.9 Å². The van der Waals surface area contributed by atoms with Crippen LogP contribution in [0.1, 0.15) is 48.9 Å². The highest BCUT2D eigenvalue weighted by atomic mass is 19.4. The van der Waals surface area contributed by atoms with Crippen LogP contribution in [0.5, 0.6) is 0 Å². The molecule has 0 unspecified atom stereocenters. The van der Waals surface area contributed by atoms with Crippen molar-refractivity contribution in [2.24, 2.45) is 5.92 Å². The van der Waals surface area contributed by atoms with Gasteiger partial charge in [0, 0.05) is 24.6 Å². The van der Waals surface area contributed by atoms with Crippen molar-refractivity contribution in [1.82, 2.24) is 15.2 Å². The van der Waals surface area contributed by atoms with E-state index in [2.05, 4.69) is 20.1 Å². The SMILES string of the molecule is O=CC1CCN(c2ccc(C3=C(CC(F)(F)F)CCCc4c3ccc3[nH]nc(F)c43)nc2)CC1. The van der Waals surface area contributed by atoms with Gasteiger partial charge in [0.15, 0.2) is 0 Å². The number of nitrogens with zero attached hydrogens (tertiary/aromatic N) is 3. The van der Waals surface area contributed by atoms with Crippen molar-refractivity contribution in [3.63, 3.8) is 0 Å². The summed E-state index contributed by atoms with van der Waals surface area (Å²) in [7, 11) is 0. The van der Waals surface area contributed by atoms with Crippen molar-refractivity contribution in [2.75, 3.05) is 18.0 Å². The van der Waals surface area contributed by atoms with Gasteiger partial charge in [0.2, 0.25) is 5.95 Å². The number of benzene rings is 1. The molecular weight excluding hydrogens is 448 g/mol. The number of allylic oxidation sites excluding steroid dienone is 1. The number of aromatic amines is 1. The number of carbonyl (C=O) groups excluding carboxylic acids is 1. The third-order valence-corrected chi connectivity index (χ3v) is 6.84. The number of halogens is 4. The Balaban J connectivity index is 1.58. The van der Waals surface area contributed by atoms with Crippen LogP contribution in [0.15, 0.2) is 36.0 Å². The lowest BCUT2D eigenvalue weighted by Gasteiger charge is -2.31. The molecular formula is C25H24F4N4O. The van der Waals surface area contributed by atoms with Crippen molar-refractivity contribution < 1.29 is 22.4 Å². The number of H-pyrrole nitrogens is 1. The van der Waals surface area contributed by atoms with Gasteiger partial charge in [-0.15, -0.1) is 5.10 Å². The highest BCUT2D eigenvalue weighted by Gasteiger charge is 2.33. The van der Waals surface area contributed by atoms with Gasteiger partial charge in [0.1, 0.15) is 6.29 Å². The van der Waals surface area contributed by atoms with Gasteiger partial charge >= 0.3 is 6.18 Å². The molecule has 2 aliphatic rings. The molecule has 0 saturated carbocycles. The first kappa shape index (κ1) is 22.6. The second kappa shape index (κ2) is 8.85. The molecule has 2 aromatic heterocycles. The first-order chi connectivity index (χ1) is 16.3. The molecule has 1 aromatic carbocycles. The highest BCUT2D eigenvalue weighted by Crippen LogP contribution is 2.41. The summed E-state index contributed by atoms with van der Waals surface area (Å²) in [5, 5.41) is 6.64. The summed E-state index contributed by atoms with van der Waals surface area (Å²) in [4.78, 5) is 17.7. The molecule has 0 spiro atoms. The normalized spacial score (nSPS) is 17.7. The quantitative estimate of drug-likeness (QED) is 0.397. The number of nitrogens with one attached hydrogen (secondary N) is 1. The van der Waals surface area contributed by atoms with Crippen LogP contribution in [-0.4, -0.2) is 40.7 Å². The molecule has 1 aliphatic carbocycles. The number of hydrogen-bond acceptors (Lipinski definition) is 4. The summed E-state index contributed by atoms with van der Waals surface area (Å²) in [5.74, 6) is -0.575. The van der Waals surface area contributed by atoms with Gasteiger partial charge in [0.05, 0.1) is 34.9 Å². The molecule has 178 valence electrons. The van der Waals surface area contributed by atoms with E-state index in [1.54, 1.807) is 24.4 Å². The Bertz CT molecular complexity index is 1240. The van der Waals surface area contributed by atoms with Gasteiger partial charge in [-0.2, -0.15) is 17.6 Å². The second-order valence-corrected chi connectivity index (χ2v) is 9.01. The maximum atomic E-state index is 14.5. The van der Waals surface area contributed by atoms with E-state index in [4.69, 9.17) is 0 Å². The van der Waals surface area contributed by atoms with Crippen molar-refractivity contribution in [3.05, 3.63) is 58.8 Å². The zero-order valence-electron chi connectivity index (χ0n) is 18.5. The second-order valence-electron chi connectivity index (χ2n) is 9.01. The van der Waals surface area contributed by atoms with E-state index in [0.29, 0.717) is 46.1 Å². The van der Waals surface area contributed by atoms with Gasteiger partial charge < -0.3 is 9.69 Å². The van der Waals surface area contributed by atoms with Crippen molar-refractivity contribution in [1.29, 1.82) is 0 Å². The van der Waals surface area contributed by atoms with Crippen LogP contribution in [0.4, 0.5) is 23.2 Å². The van der Waals surface area contributed by atoms with Gasteiger partial charge in [-0.05, 0) is 61.4 Å². The predicted octanol–water partition coefficient (Wildman–Crippen LogP) is 5.60. The monoisotopic (exact) mass is 472 g/mol. The lowest BCUT2D eigenvalue weighted by molar-refractivity contribution is -0.127. The van der Waals surface area contributed by atoms with Crippen molar-refractivity contribution >= 4 is 28.4 Å². The molecule has 3 heterocycles. The average Bonchev–Trinajstić information content (AvgIpc) is 3.11.